The van der Waals surface area contributed by atoms with Gasteiger partial charge in [0.1, 0.15) is 11.6 Å². The molecule has 0 bridgehead atoms. The van der Waals surface area contributed by atoms with Gasteiger partial charge in [-0.3, -0.25) is 9.59 Å². The molecule has 0 heterocycles. The van der Waals surface area contributed by atoms with Crippen LogP contribution in [0.2, 0.25) is 0 Å². The Morgan fingerprint density at radius 3 is 2.13 bits per heavy atom. The first-order valence-electron chi connectivity index (χ1n) is 10.7. The van der Waals surface area contributed by atoms with Crippen molar-refractivity contribution in [2.24, 2.45) is 5.73 Å². The summed E-state index contributed by atoms with van der Waals surface area (Å²) in [7, 11) is -4.21. The Morgan fingerprint density at radius 2 is 1.64 bits per heavy atom. The zero-order chi connectivity index (χ0) is 29.6. The summed E-state index contributed by atoms with van der Waals surface area (Å²) in [5, 5.41) is 30.0. The fourth-order valence-electron chi connectivity index (χ4n) is 3.06. The molecule has 0 saturated carbocycles. The normalized spacial score (nSPS) is 12.7. The second-order valence-corrected chi connectivity index (χ2v) is 10.2. The number of carbonyl (C=O) groups is 2. The third-order valence-corrected chi connectivity index (χ3v) is 6.94. The number of alkyl halides is 3. The van der Waals surface area contributed by atoms with Crippen molar-refractivity contribution in [2.45, 2.75) is 23.6 Å². The molecular formula is C25H21F4N3O6S. The van der Waals surface area contributed by atoms with Crippen LogP contribution in [0, 0.1) is 17.1 Å². The van der Waals surface area contributed by atoms with Gasteiger partial charge in [-0.15, -0.1) is 0 Å². The number of phenols is 1. The summed E-state index contributed by atoms with van der Waals surface area (Å²) in [4.78, 5) is 22.4. The average molecular weight is 568 g/mol. The van der Waals surface area contributed by atoms with E-state index in [1.54, 1.807) is 12.1 Å². The van der Waals surface area contributed by atoms with Crippen LogP contribution in [0.5, 0.6) is 5.75 Å². The van der Waals surface area contributed by atoms with Crippen molar-refractivity contribution in [1.29, 1.82) is 5.26 Å². The molecule has 0 saturated heterocycles. The van der Waals surface area contributed by atoms with E-state index in [-0.39, 0.29) is 21.9 Å². The second kappa shape index (κ2) is 11.9. The maximum absolute atomic E-state index is 13.0. The van der Waals surface area contributed by atoms with Crippen LogP contribution in [0.4, 0.5) is 23.2 Å². The number of primary amides is 1. The maximum atomic E-state index is 13.0. The molecule has 0 aliphatic heterocycles. The fraction of sp³-hybridized carbons (Fsp3) is 0.160. The van der Waals surface area contributed by atoms with Gasteiger partial charge >= 0.3 is 6.18 Å². The molecule has 0 aliphatic rings. The summed E-state index contributed by atoms with van der Waals surface area (Å²) in [6.07, 6.45) is -4.86. The molecule has 3 rings (SSSR count). The Morgan fingerprint density at radius 1 is 1.05 bits per heavy atom. The van der Waals surface area contributed by atoms with Crippen molar-refractivity contribution in [3.05, 3.63) is 89.2 Å². The number of sulfone groups is 1. The molecule has 0 aliphatic carbocycles. The number of hydrogen-bond donors (Lipinski definition) is 4. The minimum Gasteiger partial charge on any atom is -0.507 e. The van der Waals surface area contributed by atoms with Crippen molar-refractivity contribution in [2.75, 3.05) is 11.1 Å². The van der Waals surface area contributed by atoms with E-state index in [9.17, 15) is 40.7 Å². The molecule has 3 aromatic carbocycles. The fourth-order valence-corrected chi connectivity index (χ4v) is 4.65. The van der Waals surface area contributed by atoms with Crippen LogP contribution >= 0.6 is 0 Å². The molecule has 5 N–H and O–H groups in total. The number of benzene rings is 3. The molecular weight excluding hydrogens is 546 g/mol. The molecule has 39 heavy (non-hydrogen) atoms. The standard InChI is InChI=1S/C18H14F4N2O4S.C7H7NO2/c1-17(26,10-29(27,28)14-6-3-12(19)4-7-14)16(25)24-13-5-2-11(9-23)15(8-13)18(20,21)22;8-7(10)5-3-1-2-4-6(5)9/h2-8,26H,10H2,1H3,(H,24,25);1-4,9H,(H2,8,10)/t17-;/m1./s1. The van der Waals surface area contributed by atoms with E-state index in [1.165, 1.54) is 18.2 Å². The summed E-state index contributed by atoms with van der Waals surface area (Å²) in [5.41, 5.74) is 0.208. The van der Waals surface area contributed by atoms with Gasteiger partial charge in [-0.05, 0) is 61.5 Å². The number of halogens is 4. The number of rotatable bonds is 6. The van der Waals surface area contributed by atoms with Crippen molar-refractivity contribution in [3.8, 4) is 11.8 Å². The minimum atomic E-state index is -4.86. The zero-order valence-corrected chi connectivity index (χ0v) is 20.8. The number of anilines is 1. The lowest BCUT2D eigenvalue weighted by Gasteiger charge is -2.22. The highest BCUT2D eigenvalue weighted by atomic mass is 32.2. The van der Waals surface area contributed by atoms with Crippen LogP contribution < -0.4 is 11.1 Å². The Labute approximate surface area is 220 Å². The number of hydrogen-bond acceptors (Lipinski definition) is 7. The summed E-state index contributed by atoms with van der Waals surface area (Å²) in [6.45, 7) is 0.873. The van der Waals surface area contributed by atoms with E-state index >= 15 is 0 Å². The van der Waals surface area contributed by atoms with Crippen LogP contribution in [0.15, 0.2) is 71.6 Å². The number of nitrogens with one attached hydrogen (secondary N) is 1. The van der Waals surface area contributed by atoms with Crippen LogP contribution in [0.1, 0.15) is 28.4 Å². The third kappa shape index (κ3) is 8.25. The number of amides is 2. The SMILES string of the molecule is C[C@@](O)(CS(=O)(=O)c1ccc(F)cc1)C(=O)Nc1ccc(C#N)c(C(F)(F)F)c1.NC(=O)c1ccccc1O. The van der Waals surface area contributed by atoms with E-state index in [0.717, 1.165) is 43.3 Å². The lowest BCUT2D eigenvalue weighted by Crippen LogP contribution is -2.45. The number of nitriles is 1. The van der Waals surface area contributed by atoms with Crippen LogP contribution in [-0.2, 0) is 20.8 Å². The van der Waals surface area contributed by atoms with Gasteiger partial charge < -0.3 is 21.3 Å². The highest BCUT2D eigenvalue weighted by Gasteiger charge is 2.38. The van der Waals surface area contributed by atoms with Crippen molar-refractivity contribution in [1.82, 2.24) is 0 Å². The van der Waals surface area contributed by atoms with E-state index in [2.05, 4.69) is 0 Å². The van der Waals surface area contributed by atoms with E-state index in [4.69, 9.17) is 16.1 Å². The van der Waals surface area contributed by atoms with Crippen molar-refractivity contribution in [3.63, 3.8) is 0 Å². The minimum absolute atomic E-state index is 0.0741. The molecule has 0 spiro atoms. The average Bonchev–Trinajstić information content (AvgIpc) is 2.83. The molecule has 0 aromatic heterocycles. The number of para-hydroxylation sites is 1. The summed E-state index contributed by atoms with van der Waals surface area (Å²) < 4.78 is 76.6. The van der Waals surface area contributed by atoms with Gasteiger partial charge in [0.05, 0.1) is 33.4 Å². The topological polar surface area (TPSA) is 171 Å². The largest absolute Gasteiger partial charge is 0.507 e. The van der Waals surface area contributed by atoms with E-state index in [0.29, 0.717) is 6.07 Å². The van der Waals surface area contributed by atoms with Crippen LogP contribution in [0.3, 0.4) is 0 Å². The number of aliphatic hydroxyl groups is 1. The lowest BCUT2D eigenvalue weighted by atomic mass is 10.1. The second-order valence-electron chi connectivity index (χ2n) is 8.19. The predicted octanol–water partition coefficient (Wildman–Crippen LogP) is 3.37. The lowest BCUT2D eigenvalue weighted by molar-refractivity contribution is -0.137. The molecule has 9 nitrogen and oxygen atoms in total. The highest BCUT2D eigenvalue weighted by Crippen LogP contribution is 2.33. The number of nitrogens with zero attached hydrogens (tertiary/aromatic N) is 1. The maximum Gasteiger partial charge on any atom is 0.417 e. The Balaban J connectivity index is 0.000000446. The molecule has 14 heteroatoms. The summed E-state index contributed by atoms with van der Waals surface area (Å²) in [5.74, 6) is -3.75. The van der Waals surface area contributed by atoms with Crippen LogP contribution in [-0.4, -0.2) is 41.8 Å². The third-order valence-electron chi connectivity index (χ3n) is 5.01. The predicted molar refractivity (Wildman–Crippen MR) is 130 cm³/mol. The van der Waals surface area contributed by atoms with Gasteiger partial charge in [0.2, 0.25) is 0 Å². The van der Waals surface area contributed by atoms with Crippen molar-refractivity contribution >= 4 is 27.3 Å². The highest BCUT2D eigenvalue weighted by molar-refractivity contribution is 7.91. The first-order chi connectivity index (χ1) is 18.0. The quantitative estimate of drug-likeness (QED) is 0.261. The van der Waals surface area contributed by atoms with E-state index in [1.807, 2.05) is 5.32 Å². The number of carbonyl (C=O) groups excluding carboxylic acids is 2. The molecule has 0 radical (unpaired) electrons. The van der Waals surface area contributed by atoms with Gasteiger partial charge in [0.25, 0.3) is 11.8 Å². The van der Waals surface area contributed by atoms with Gasteiger partial charge in [0.15, 0.2) is 15.4 Å². The van der Waals surface area contributed by atoms with Crippen LogP contribution in [0.25, 0.3) is 0 Å². The summed E-state index contributed by atoms with van der Waals surface area (Å²) in [6, 6.07) is 13.6. The Hall–Kier alpha value is -4.48. The van der Waals surface area contributed by atoms with Gasteiger partial charge in [-0.2, -0.15) is 18.4 Å². The molecule has 1 atom stereocenters. The van der Waals surface area contributed by atoms with Gasteiger partial charge in [-0.25, -0.2) is 12.8 Å². The summed E-state index contributed by atoms with van der Waals surface area (Å²) >= 11 is 0. The smallest absolute Gasteiger partial charge is 0.417 e. The van der Waals surface area contributed by atoms with Crippen molar-refractivity contribution < 1.29 is 45.8 Å². The van der Waals surface area contributed by atoms with Gasteiger partial charge in [-0.1, -0.05) is 12.1 Å². The molecule has 206 valence electrons. The van der Waals surface area contributed by atoms with E-state index < -0.39 is 56.1 Å². The molecule has 2 amide bonds. The number of aromatic hydroxyl groups is 1. The van der Waals surface area contributed by atoms with Gasteiger partial charge in [0, 0.05) is 5.69 Å². The zero-order valence-electron chi connectivity index (χ0n) is 20.0. The first-order valence-corrected chi connectivity index (χ1v) is 12.3. The molecule has 0 unspecified atom stereocenters. The number of nitrogens with two attached hydrogens (primary N) is 1. The Kier molecular flexibility index (Phi) is 9.40. The Bertz CT molecular complexity index is 1520. The molecule has 0 fully saturated rings. The molecule has 3 aromatic rings. The monoisotopic (exact) mass is 567 g/mol. The first kappa shape index (κ1) is 30.7.